The van der Waals surface area contributed by atoms with Gasteiger partial charge >= 0.3 is 12.0 Å². The summed E-state index contributed by atoms with van der Waals surface area (Å²) in [6.45, 7) is 0.316. The number of urea groups is 1. The van der Waals surface area contributed by atoms with Crippen molar-refractivity contribution < 1.29 is 14.7 Å². The summed E-state index contributed by atoms with van der Waals surface area (Å²) in [5.41, 5.74) is 1.69. The van der Waals surface area contributed by atoms with E-state index < -0.39 is 5.97 Å². The van der Waals surface area contributed by atoms with Crippen molar-refractivity contribution in [3.63, 3.8) is 0 Å². The zero-order chi connectivity index (χ0) is 14.4. The van der Waals surface area contributed by atoms with Crippen LogP contribution < -0.4 is 10.6 Å². The summed E-state index contributed by atoms with van der Waals surface area (Å²) in [6.07, 6.45) is 3.17. The molecule has 2 rings (SSSR count). The molecule has 0 aliphatic rings. The SMILES string of the molecule is O=C(NCc1ccc(C(=O)O)cc1)Nc1ccncc1. The van der Waals surface area contributed by atoms with Gasteiger partial charge in [-0.25, -0.2) is 9.59 Å². The number of nitrogens with one attached hydrogen (secondary N) is 2. The maximum atomic E-state index is 11.6. The van der Waals surface area contributed by atoms with Gasteiger partial charge in [-0.2, -0.15) is 0 Å². The summed E-state index contributed by atoms with van der Waals surface area (Å²) in [4.78, 5) is 26.2. The van der Waals surface area contributed by atoms with Gasteiger partial charge in [0.25, 0.3) is 0 Å². The van der Waals surface area contributed by atoms with Crippen LogP contribution in [-0.2, 0) is 6.54 Å². The Morgan fingerprint density at radius 2 is 1.70 bits per heavy atom. The highest BCUT2D eigenvalue weighted by molar-refractivity contribution is 5.89. The Balaban J connectivity index is 1.85. The first kappa shape index (κ1) is 13.5. The summed E-state index contributed by atoms with van der Waals surface area (Å²) in [6, 6.07) is 9.35. The Bertz CT molecular complexity index is 597. The fourth-order valence-electron chi connectivity index (χ4n) is 1.56. The predicted molar refractivity (Wildman–Crippen MR) is 73.5 cm³/mol. The normalized spacial score (nSPS) is 9.80. The van der Waals surface area contributed by atoms with Crippen LogP contribution in [-0.4, -0.2) is 22.1 Å². The predicted octanol–water partition coefficient (Wildman–Crippen LogP) is 2.10. The van der Waals surface area contributed by atoms with E-state index >= 15 is 0 Å². The third-order valence-electron chi connectivity index (χ3n) is 2.59. The molecule has 6 heteroatoms. The molecule has 1 heterocycles. The third-order valence-corrected chi connectivity index (χ3v) is 2.59. The van der Waals surface area contributed by atoms with Crippen molar-refractivity contribution in [2.75, 3.05) is 5.32 Å². The minimum atomic E-state index is -0.972. The van der Waals surface area contributed by atoms with Crippen LogP contribution in [0.1, 0.15) is 15.9 Å². The topological polar surface area (TPSA) is 91.3 Å². The number of amides is 2. The average molecular weight is 271 g/mol. The molecule has 0 atom stereocenters. The summed E-state index contributed by atoms with van der Waals surface area (Å²) in [5, 5.41) is 14.1. The molecule has 0 saturated carbocycles. The molecule has 1 aromatic heterocycles. The Hall–Kier alpha value is -2.89. The molecule has 102 valence electrons. The van der Waals surface area contributed by atoms with E-state index in [0.29, 0.717) is 12.2 Å². The van der Waals surface area contributed by atoms with Gasteiger partial charge in [0, 0.05) is 24.6 Å². The third kappa shape index (κ3) is 3.81. The van der Waals surface area contributed by atoms with Gasteiger partial charge in [0.2, 0.25) is 0 Å². The lowest BCUT2D eigenvalue weighted by Gasteiger charge is -2.07. The maximum Gasteiger partial charge on any atom is 0.335 e. The van der Waals surface area contributed by atoms with E-state index in [9.17, 15) is 9.59 Å². The Morgan fingerprint density at radius 3 is 2.30 bits per heavy atom. The van der Waals surface area contributed by atoms with Crippen molar-refractivity contribution in [3.8, 4) is 0 Å². The molecule has 2 amide bonds. The average Bonchev–Trinajstić information content (AvgIpc) is 2.46. The minimum absolute atomic E-state index is 0.218. The largest absolute Gasteiger partial charge is 0.478 e. The first-order valence-electron chi connectivity index (χ1n) is 5.92. The number of aromatic carboxylic acids is 1. The van der Waals surface area contributed by atoms with E-state index in [1.54, 1.807) is 36.7 Å². The van der Waals surface area contributed by atoms with Crippen LogP contribution in [0, 0.1) is 0 Å². The van der Waals surface area contributed by atoms with Crippen LogP contribution in [0.25, 0.3) is 0 Å². The zero-order valence-electron chi connectivity index (χ0n) is 10.5. The first-order chi connectivity index (χ1) is 9.65. The number of nitrogens with zero attached hydrogens (tertiary/aromatic N) is 1. The molecule has 2 aromatic rings. The standard InChI is InChI=1S/C14H13N3O3/c18-13(19)11-3-1-10(2-4-11)9-16-14(20)17-12-5-7-15-8-6-12/h1-8H,9H2,(H,18,19)(H2,15,16,17,20). The molecule has 6 nitrogen and oxygen atoms in total. The molecule has 0 spiro atoms. The van der Waals surface area contributed by atoms with Gasteiger partial charge in [0.15, 0.2) is 0 Å². The lowest BCUT2D eigenvalue weighted by Crippen LogP contribution is -2.28. The van der Waals surface area contributed by atoms with E-state index in [4.69, 9.17) is 5.11 Å². The van der Waals surface area contributed by atoms with E-state index in [1.807, 2.05) is 0 Å². The summed E-state index contributed by atoms with van der Waals surface area (Å²) in [7, 11) is 0. The van der Waals surface area contributed by atoms with Gasteiger partial charge in [-0.3, -0.25) is 4.98 Å². The van der Waals surface area contributed by atoms with E-state index in [1.165, 1.54) is 12.1 Å². The number of hydrogen-bond acceptors (Lipinski definition) is 3. The number of aromatic nitrogens is 1. The molecular weight excluding hydrogens is 258 g/mol. The van der Waals surface area contributed by atoms with Crippen molar-refractivity contribution in [1.82, 2.24) is 10.3 Å². The monoisotopic (exact) mass is 271 g/mol. The van der Waals surface area contributed by atoms with Crippen LogP contribution in [0.5, 0.6) is 0 Å². The minimum Gasteiger partial charge on any atom is -0.478 e. The molecule has 0 fully saturated rings. The molecule has 0 aliphatic heterocycles. The number of benzene rings is 1. The first-order valence-corrected chi connectivity index (χ1v) is 5.92. The van der Waals surface area contributed by atoms with Gasteiger partial charge < -0.3 is 15.7 Å². The zero-order valence-corrected chi connectivity index (χ0v) is 10.5. The second-order valence-corrected chi connectivity index (χ2v) is 4.05. The molecule has 0 bridgehead atoms. The van der Waals surface area contributed by atoms with E-state index in [-0.39, 0.29) is 11.6 Å². The number of rotatable bonds is 4. The summed E-state index contributed by atoms with van der Waals surface area (Å²) >= 11 is 0. The number of carbonyl (C=O) groups is 2. The Kier molecular flexibility index (Phi) is 4.28. The molecule has 3 N–H and O–H groups in total. The van der Waals surface area contributed by atoms with Crippen molar-refractivity contribution >= 4 is 17.7 Å². The second-order valence-electron chi connectivity index (χ2n) is 4.05. The highest BCUT2D eigenvalue weighted by atomic mass is 16.4. The van der Waals surface area contributed by atoms with Crippen molar-refractivity contribution in [1.29, 1.82) is 0 Å². The number of hydrogen-bond donors (Lipinski definition) is 3. The van der Waals surface area contributed by atoms with Crippen LogP contribution in [0.2, 0.25) is 0 Å². The van der Waals surface area contributed by atoms with Gasteiger partial charge in [-0.1, -0.05) is 12.1 Å². The fraction of sp³-hybridized carbons (Fsp3) is 0.0714. The second kappa shape index (κ2) is 6.33. The molecule has 0 radical (unpaired) electrons. The van der Waals surface area contributed by atoms with Gasteiger partial charge in [-0.15, -0.1) is 0 Å². The number of anilines is 1. The van der Waals surface area contributed by atoms with Gasteiger partial charge in [-0.05, 0) is 29.8 Å². The van der Waals surface area contributed by atoms with Crippen molar-refractivity contribution in [2.45, 2.75) is 6.54 Å². The molecule has 20 heavy (non-hydrogen) atoms. The van der Waals surface area contributed by atoms with Crippen LogP contribution >= 0.6 is 0 Å². The van der Waals surface area contributed by atoms with Crippen molar-refractivity contribution in [2.24, 2.45) is 0 Å². The highest BCUT2D eigenvalue weighted by Crippen LogP contribution is 2.05. The van der Waals surface area contributed by atoms with E-state index in [2.05, 4.69) is 15.6 Å². The van der Waals surface area contributed by atoms with Crippen LogP contribution in [0.15, 0.2) is 48.8 Å². The molecular formula is C14H13N3O3. The highest BCUT2D eigenvalue weighted by Gasteiger charge is 2.03. The van der Waals surface area contributed by atoms with Crippen molar-refractivity contribution in [3.05, 3.63) is 59.9 Å². The Morgan fingerprint density at radius 1 is 1.05 bits per heavy atom. The lowest BCUT2D eigenvalue weighted by atomic mass is 10.1. The van der Waals surface area contributed by atoms with Gasteiger partial charge in [0.05, 0.1) is 5.56 Å². The van der Waals surface area contributed by atoms with Gasteiger partial charge in [0.1, 0.15) is 0 Å². The fourth-order valence-corrected chi connectivity index (χ4v) is 1.56. The number of pyridine rings is 1. The molecule has 0 saturated heterocycles. The number of carboxylic acids is 1. The molecule has 0 aliphatic carbocycles. The molecule has 0 unspecified atom stereocenters. The number of carboxylic acid groups (broad SMARTS) is 1. The number of carbonyl (C=O) groups excluding carboxylic acids is 1. The van der Waals surface area contributed by atoms with Crippen LogP contribution in [0.4, 0.5) is 10.5 Å². The lowest BCUT2D eigenvalue weighted by molar-refractivity contribution is 0.0697. The smallest absolute Gasteiger partial charge is 0.335 e. The maximum absolute atomic E-state index is 11.6. The quantitative estimate of drug-likeness (QED) is 0.794. The van der Waals surface area contributed by atoms with Crippen LogP contribution in [0.3, 0.4) is 0 Å². The summed E-state index contributed by atoms with van der Waals surface area (Å²) in [5.74, 6) is -0.972. The summed E-state index contributed by atoms with van der Waals surface area (Å²) < 4.78 is 0. The van der Waals surface area contributed by atoms with E-state index in [0.717, 1.165) is 5.56 Å². The molecule has 1 aromatic carbocycles. The Labute approximate surface area is 115 Å².